The fourth-order valence-electron chi connectivity index (χ4n) is 0.983. The molecule has 0 spiro atoms. The first-order chi connectivity index (χ1) is 3.72. The number of quaternary nitrogens is 1. The molecule has 1 saturated heterocycles. The molecule has 3 atom stereocenters. The normalized spacial score (nSPS) is 47.6. The molecule has 8 heavy (non-hydrogen) atoms. The minimum Gasteiger partial charge on any atom is -0.384 e. The summed E-state index contributed by atoms with van der Waals surface area (Å²) in [5.74, 6) is 0. The molecule has 0 aromatic heterocycles. The van der Waals surface area contributed by atoms with Gasteiger partial charge in [-0.2, -0.15) is 0 Å². The summed E-state index contributed by atoms with van der Waals surface area (Å²) in [6.07, 6.45) is -1.03. The molecule has 0 bridgehead atoms. The number of aliphatic hydroxyl groups is 2. The Kier molecular flexibility index (Phi) is 1.51. The summed E-state index contributed by atoms with van der Waals surface area (Å²) in [5.41, 5.74) is 0. The molecule has 1 rings (SSSR count). The third-order valence-electron chi connectivity index (χ3n) is 1.68. The van der Waals surface area contributed by atoms with Crippen molar-refractivity contribution in [1.29, 1.82) is 0 Å². The first-order valence-electron chi connectivity index (χ1n) is 2.91. The summed E-state index contributed by atoms with van der Waals surface area (Å²) >= 11 is 0. The fraction of sp³-hybridized carbons (Fsp3) is 1.00. The second-order valence-electron chi connectivity index (χ2n) is 2.39. The monoisotopic (exact) mass is 118 g/mol. The van der Waals surface area contributed by atoms with Gasteiger partial charge in [-0.05, 0) is 6.92 Å². The van der Waals surface area contributed by atoms with Gasteiger partial charge in [0.2, 0.25) is 0 Å². The number of nitrogens with two attached hydrogens (primary N) is 1. The third kappa shape index (κ3) is 0.844. The van der Waals surface area contributed by atoms with Crippen LogP contribution in [-0.2, 0) is 0 Å². The minimum atomic E-state index is -0.519. The van der Waals surface area contributed by atoms with Crippen LogP contribution >= 0.6 is 0 Å². The van der Waals surface area contributed by atoms with Gasteiger partial charge in [0.15, 0.2) is 0 Å². The van der Waals surface area contributed by atoms with Crippen LogP contribution in [0.15, 0.2) is 0 Å². The molecule has 1 fully saturated rings. The molecule has 0 aromatic rings. The van der Waals surface area contributed by atoms with Crippen LogP contribution in [0.5, 0.6) is 0 Å². The Bertz CT molecular complexity index is 76.5. The Morgan fingerprint density at radius 3 is 2.25 bits per heavy atom. The molecule has 0 radical (unpaired) electrons. The van der Waals surface area contributed by atoms with Crippen molar-refractivity contribution in [3.05, 3.63) is 0 Å². The number of rotatable bonds is 0. The van der Waals surface area contributed by atoms with Crippen LogP contribution in [0.2, 0.25) is 0 Å². The second kappa shape index (κ2) is 2.01. The Labute approximate surface area is 48.3 Å². The molecule has 1 heterocycles. The van der Waals surface area contributed by atoms with Gasteiger partial charge in [0.25, 0.3) is 0 Å². The molecular weight excluding hydrogens is 106 g/mol. The summed E-state index contributed by atoms with van der Waals surface area (Å²) in [5, 5.41) is 19.8. The lowest BCUT2D eigenvalue weighted by atomic mass is 10.2. The lowest BCUT2D eigenvalue weighted by Crippen LogP contribution is -2.87. The maximum Gasteiger partial charge on any atom is 0.137 e. The molecule has 1 aliphatic heterocycles. The van der Waals surface area contributed by atoms with Crippen LogP contribution in [0.1, 0.15) is 6.92 Å². The largest absolute Gasteiger partial charge is 0.384 e. The van der Waals surface area contributed by atoms with E-state index in [-0.39, 0.29) is 6.04 Å². The zero-order valence-corrected chi connectivity index (χ0v) is 4.91. The van der Waals surface area contributed by atoms with Gasteiger partial charge in [-0.1, -0.05) is 0 Å². The lowest BCUT2D eigenvalue weighted by molar-refractivity contribution is -0.671. The highest BCUT2D eigenvalue weighted by molar-refractivity contribution is 4.75. The van der Waals surface area contributed by atoms with Crippen LogP contribution in [-0.4, -0.2) is 35.0 Å². The molecule has 0 saturated carbocycles. The Morgan fingerprint density at radius 2 is 2.12 bits per heavy atom. The van der Waals surface area contributed by atoms with Crippen LogP contribution < -0.4 is 5.32 Å². The average Bonchev–Trinajstić information content (AvgIpc) is 1.98. The van der Waals surface area contributed by atoms with Crippen molar-refractivity contribution in [2.24, 2.45) is 0 Å². The van der Waals surface area contributed by atoms with Crippen molar-refractivity contribution in [2.45, 2.75) is 25.2 Å². The predicted octanol–water partition coefficient (Wildman–Crippen LogP) is -2.33. The van der Waals surface area contributed by atoms with E-state index in [0.29, 0.717) is 6.54 Å². The highest BCUT2D eigenvalue weighted by Gasteiger charge is 2.33. The van der Waals surface area contributed by atoms with Crippen LogP contribution in [0.3, 0.4) is 0 Å². The third-order valence-corrected chi connectivity index (χ3v) is 1.68. The Balaban J connectivity index is 2.44. The van der Waals surface area contributed by atoms with Crippen molar-refractivity contribution in [3.8, 4) is 0 Å². The molecule has 1 aliphatic rings. The van der Waals surface area contributed by atoms with E-state index < -0.39 is 12.2 Å². The first-order valence-corrected chi connectivity index (χ1v) is 2.91. The molecule has 3 heteroatoms. The molecule has 4 N–H and O–H groups in total. The van der Waals surface area contributed by atoms with Gasteiger partial charge in [-0.15, -0.1) is 0 Å². The van der Waals surface area contributed by atoms with E-state index in [2.05, 4.69) is 0 Å². The molecule has 0 amide bonds. The highest BCUT2D eigenvalue weighted by atomic mass is 16.3. The summed E-state index contributed by atoms with van der Waals surface area (Å²) in [4.78, 5) is 0. The van der Waals surface area contributed by atoms with Crippen molar-refractivity contribution in [1.82, 2.24) is 0 Å². The quantitative estimate of drug-likeness (QED) is 0.334. The predicted molar refractivity (Wildman–Crippen MR) is 28.3 cm³/mol. The zero-order valence-electron chi connectivity index (χ0n) is 4.91. The topological polar surface area (TPSA) is 57.1 Å². The fourth-order valence-corrected chi connectivity index (χ4v) is 0.983. The molecule has 48 valence electrons. The van der Waals surface area contributed by atoms with Crippen molar-refractivity contribution >= 4 is 0 Å². The SMILES string of the molecule is C[C@@H]1[NH2+]C[C@H](O)[C@@H]1O. The van der Waals surface area contributed by atoms with Crippen LogP contribution in [0, 0.1) is 0 Å². The standard InChI is InChI=1S/C5H11NO2/c1-3-5(8)4(7)2-6-3/h3-8H,2H2,1H3/p+1/t3-,4-,5+/m0/s1. The lowest BCUT2D eigenvalue weighted by Gasteiger charge is -2.04. The minimum absolute atomic E-state index is 0.171. The van der Waals surface area contributed by atoms with Gasteiger partial charge >= 0.3 is 0 Å². The van der Waals surface area contributed by atoms with Crippen LogP contribution in [0.25, 0.3) is 0 Å². The van der Waals surface area contributed by atoms with E-state index in [1.807, 2.05) is 12.2 Å². The summed E-state index contributed by atoms with van der Waals surface area (Å²) in [6, 6.07) is 0.171. The van der Waals surface area contributed by atoms with Gasteiger partial charge in [-0.25, -0.2) is 0 Å². The molecule has 3 nitrogen and oxygen atoms in total. The van der Waals surface area contributed by atoms with Crippen molar-refractivity contribution in [3.63, 3.8) is 0 Å². The average molecular weight is 118 g/mol. The van der Waals surface area contributed by atoms with Gasteiger partial charge < -0.3 is 15.5 Å². The Hall–Kier alpha value is -0.120. The van der Waals surface area contributed by atoms with Crippen molar-refractivity contribution < 1.29 is 15.5 Å². The van der Waals surface area contributed by atoms with Gasteiger partial charge in [-0.3, -0.25) is 0 Å². The first kappa shape index (κ1) is 6.01. The number of hydrogen-bond donors (Lipinski definition) is 3. The summed E-state index contributed by atoms with van der Waals surface area (Å²) in [6.45, 7) is 2.54. The van der Waals surface area contributed by atoms with E-state index in [0.717, 1.165) is 0 Å². The Morgan fingerprint density at radius 1 is 1.50 bits per heavy atom. The van der Waals surface area contributed by atoms with Gasteiger partial charge in [0.05, 0.1) is 0 Å². The van der Waals surface area contributed by atoms with Gasteiger partial charge in [0, 0.05) is 0 Å². The van der Waals surface area contributed by atoms with E-state index in [9.17, 15) is 0 Å². The van der Waals surface area contributed by atoms with Crippen LogP contribution in [0.4, 0.5) is 0 Å². The highest BCUT2D eigenvalue weighted by Crippen LogP contribution is 1.98. The summed E-state index contributed by atoms with van der Waals surface area (Å²) < 4.78 is 0. The van der Waals surface area contributed by atoms with E-state index in [1.165, 1.54) is 0 Å². The van der Waals surface area contributed by atoms with E-state index in [4.69, 9.17) is 10.2 Å². The number of hydrogen-bond acceptors (Lipinski definition) is 2. The molecule has 0 aromatic carbocycles. The van der Waals surface area contributed by atoms with Gasteiger partial charge in [0.1, 0.15) is 24.8 Å². The second-order valence-corrected chi connectivity index (χ2v) is 2.39. The molecule has 0 aliphatic carbocycles. The number of aliphatic hydroxyl groups excluding tert-OH is 2. The summed E-state index contributed by atoms with van der Waals surface area (Å²) in [7, 11) is 0. The maximum atomic E-state index is 8.98. The van der Waals surface area contributed by atoms with Crippen molar-refractivity contribution in [2.75, 3.05) is 6.54 Å². The van der Waals surface area contributed by atoms with E-state index >= 15 is 0 Å². The maximum absolute atomic E-state index is 8.98. The molecular formula is C5H12NO2+. The smallest absolute Gasteiger partial charge is 0.137 e. The van der Waals surface area contributed by atoms with E-state index in [1.54, 1.807) is 0 Å². The molecule has 0 unspecified atom stereocenters. The zero-order chi connectivity index (χ0) is 6.15.